The third-order valence-corrected chi connectivity index (χ3v) is 3.52. The summed E-state index contributed by atoms with van der Waals surface area (Å²) in [5.41, 5.74) is 1.19. The second-order valence-corrected chi connectivity index (χ2v) is 5.05. The monoisotopic (exact) mass is 267 g/mol. The van der Waals surface area contributed by atoms with Crippen molar-refractivity contribution < 1.29 is 14.6 Å². The molecule has 19 heavy (non-hydrogen) atoms. The molecule has 1 aromatic heterocycles. The zero-order valence-corrected chi connectivity index (χ0v) is 11.5. The topological polar surface area (TPSA) is 67.6 Å². The first-order valence-corrected chi connectivity index (χ1v) is 6.57. The highest BCUT2D eigenvalue weighted by atomic mass is 16.5. The van der Waals surface area contributed by atoms with Crippen LogP contribution in [0.2, 0.25) is 0 Å². The highest BCUT2D eigenvalue weighted by molar-refractivity contribution is 5.76. The Hall–Kier alpha value is -1.40. The van der Waals surface area contributed by atoms with Gasteiger partial charge in [-0.1, -0.05) is 0 Å². The molecule has 1 aliphatic heterocycles. The van der Waals surface area contributed by atoms with Crippen LogP contribution in [0.5, 0.6) is 0 Å². The van der Waals surface area contributed by atoms with E-state index in [1.54, 1.807) is 4.68 Å². The van der Waals surface area contributed by atoms with Crippen molar-refractivity contribution >= 4 is 5.97 Å². The molecule has 1 aromatic rings. The molecule has 0 aromatic carbocycles. The number of aryl methyl sites for hydroxylation is 2. The van der Waals surface area contributed by atoms with Crippen LogP contribution in [0.4, 0.5) is 0 Å². The molecule has 1 fully saturated rings. The Morgan fingerprint density at radius 3 is 3.05 bits per heavy atom. The van der Waals surface area contributed by atoms with Gasteiger partial charge in [0.05, 0.1) is 19.4 Å². The summed E-state index contributed by atoms with van der Waals surface area (Å²) >= 11 is 0. The van der Waals surface area contributed by atoms with Gasteiger partial charge in [0.2, 0.25) is 0 Å². The zero-order valence-electron chi connectivity index (χ0n) is 11.5. The van der Waals surface area contributed by atoms with Crippen LogP contribution in [-0.4, -0.2) is 58.1 Å². The second-order valence-electron chi connectivity index (χ2n) is 5.05. The molecule has 0 unspecified atom stereocenters. The number of rotatable bonds is 5. The largest absolute Gasteiger partial charge is 0.468 e. The molecule has 1 N–H and O–H groups in total. The molecule has 2 heterocycles. The van der Waals surface area contributed by atoms with Crippen LogP contribution in [0.15, 0.2) is 12.4 Å². The first kappa shape index (κ1) is 14.0. The minimum atomic E-state index is -0.428. The molecule has 2 rings (SSSR count). The van der Waals surface area contributed by atoms with E-state index in [2.05, 4.69) is 5.10 Å². The van der Waals surface area contributed by atoms with E-state index in [0.717, 1.165) is 19.4 Å². The van der Waals surface area contributed by atoms with E-state index in [-0.39, 0.29) is 12.0 Å². The highest BCUT2D eigenvalue weighted by Crippen LogP contribution is 2.19. The lowest BCUT2D eigenvalue weighted by Crippen LogP contribution is -2.37. The smallest absolute Gasteiger partial charge is 0.323 e. The van der Waals surface area contributed by atoms with Gasteiger partial charge in [0.25, 0.3) is 0 Å². The molecule has 6 heteroatoms. The van der Waals surface area contributed by atoms with E-state index < -0.39 is 6.10 Å². The van der Waals surface area contributed by atoms with Crippen molar-refractivity contribution in [2.75, 3.05) is 20.2 Å². The SMILES string of the molecule is COC(=O)[C@@H]1C[C@H](O)CN1CCCc1cnn(C)c1. The zero-order chi connectivity index (χ0) is 13.8. The third-order valence-electron chi connectivity index (χ3n) is 3.52. The fraction of sp³-hybridized carbons (Fsp3) is 0.692. The maximum absolute atomic E-state index is 11.6. The Bertz CT molecular complexity index is 433. The number of methoxy groups -OCH3 is 1. The van der Waals surface area contributed by atoms with Crippen molar-refractivity contribution in [1.29, 1.82) is 0 Å². The van der Waals surface area contributed by atoms with Crippen molar-refractivity contribution in [3.05, 3.63) is 18.0 Å². The minimum absolute atomic E-state index is 0.252. The van der Waals surface area contributed by atoms with E-state index in [0.29, 0.717) is 13.0 Å². The van der Waals surface area contributed by atoms with E-state index in [1.807, 2.05) is 24.3 Å². The molecular weight excluding hydrogens is 246 g/mol. The maximum Gasteiger partial charge on any atom is 0.323 e. The van der Waals surface area contributed by atoms with Crippen molar-refractivity contribution in [2.24, 2.45) is 7.05 Å². The number of ether oxygens (including phenoxy) is 1. The first-order chi connectivity index (χ1) is 9.10. The van der Waals surface area contributed by atoms with Gasteiger partial charge >= 0.3 is 5.97 Å². The normalized spacial score (nSPS) is 23.7. The minimum Gasteiger partial charge on any atom is -0.468 e. The van der Waals surface area contributed by atoms with Crippen LogP contribution >= 0.6 is 0 Å². The molecule has 6 nitrogen and oxygen atoms in total. The van der Waals surface area contributed by atoms with Crippen LogP contribution < -0.4 is 0 Å². The molecule has 0 spiro atoms. The molecule has 1 aliphatic rings. The van der Waals surface area contributed by atoms with Crippen LogP contribution in [0.1, 0.15) is 18.4 Å². The van der Waals surface area contributed by atoms with Crippen LogP contribution in [0.3, 0.4) is 0 Å². The summed E-state index contributed by atoms with van der Waals surface area (Å²) in [5.74, 6) is -0.252. The summed E-state index contributed by atoms with van der Waals surface area (Å²) in [6.07, 6.45) is 5.76. The molecule has 0 radical (unpaired) electrons. The fourth-order valence-electron chi connectivity index (χ4n) is 2.59. The lowest BCUT2D eigenvalue weighted by atomic mass is 10.1. The second kappa shape index (κ2) is 6.16. The summed E-state index contributed by atoms with van der Waals surface area (Å²) < 4.78 is 6.56. The predicted molar refractivity (Wildman–Crippen MR) is 69.5 cm³/mol. The molecule has 1 saturated heterocycles. The summed E-state index contributed by atoms with van der Waals surface area (Å²) in [7, 11) is 3.29. The Morgan fingerprint density at radius 1 is 1.63 bits per heavy atom. The number of hydrogen-bond acceptors (Lipinski definition) is 5. The molecule has 0 bridgehead atoms. The standard InChI is InChI=1S/C13H21N3O3/c1-15-8-10(7-14-15)4-3-5-16-9-11(17)6-12(16)13(18)19-2/h7-8,11-12,17H,3-6,9H2,1-2H3/t11-,12-/m0/s1. The number of β-amino-alcohol motifs (C(OH)–C–C–N with tert-alkyl or cyclic N) is 1. The van der Waals surface area contributed by atoms with Crippen molar-refractivity contribution in [1.82, 2.24) is 14.7 Å². The molecule has 0 saturated carbocycles. The molecule has 2 atom stereocenters. The maximum atomic E-state index is 11.6. The molecule has 0 aliphatic carbocycles. The average Bonchev–Trinajstić information content (AvgIpc) is 2.95. The van der Waals surface area contributed by atoms with E-state index in [4.69, 9.17) is 4.74 Å². The number of carbonyl (C=O) groups excluding carboxylic acids is 1. The van der Waals surface area contributed by atoms with Gasteiger partial charge < -0.3 is 9.84 Å². The number of aromatic nitrogens is 2. The van der Waals surface area contributed by atoms with Gasteiger partial charge in [-0.2, -0.15) is 5.10 Å². The lowest BCUT2D eigenvalue weighted by molar-refractivity contribution is -0.145. The number of esters is 1. The Labute approximate surface area is 113 Å². The van der Waals surface area contributed by atoms with E-state index in [9.17, 15) is 9.90 Å². The Morgan fingerprint density at radius 2 is 2.42 bits per heavy atom. The van der Waals surface area contributed by atoms with Gasteiger partial charge in [-0.05, 0) is 24.9 Å². The van der Waals surface area contributed by atoms with Gasteiger partial charge in [-0.15, -0.1) is 0 Å². The highest BCUT2D eigenvalue weighted by Gasteiger charge is 2.36. The van der Waals surface area contributed by atoms with Crippen LogP contribution in [0.25, 0.3) is 0 Å². The summed E-state index contributed by atoms with van der Waals surface area (Å²) in [6.45, 7) is 1.33. The number of carbonyl (C=O) groups is 1. The first-order valence-electron chi connectivity index (χ1n) is 6.57. The van der Waals surface area contributed by atoms with Gasteiger partial charge in [0.1, 0.15) is 6.04 Å². The number of hydrogen-bond donors (Lipinski definition) is 1. The van der Waals surface area contributed by atoms with Crippen LogP contribution in [-0.2, 0) is 23.0 Å². The summed E-state index contributed by atoms with van der Waals surface area (Å²) in [5, 5.41) is 13.8. The van der Waals surface area contributed by atoms with Crippen molar-refractivity contribution in [2.45, 2.75) is 31.4 Å². The number of nitrogens with zero attached hydrogens (tertiary/aromatic N) is 3. The number of aliphatic hydroxyl groups excluding tert-OH is 1. The van der Waals surface area contributed by atoms with Crippen molar-refractivity contribution in [3.63, 3.8) is 0 Å². The Balaban J connectivity index is 1.82. The van der Waals surface area contributed by atoms with Gasteiger partial charge in [-0.25, -0.2) is 0 Å². The van der Waals surface area contributed by atoms with Gasteiger partial charge in [-0.3, -0.25) is 14.4 Å². The van der Waals surface area contributed by atoms with Gasteiger partial charge in [0, 0.05) is 26.2 Å². The summed E-state index contributed by atoms with van der Waals surface area (Å²) in [6, 6.07) is -0.297. The molecule has 0 amide bonds. The Kier molecular flexibility index (Phi) is 4.55. The van der Waals surface area contributed by atoms with E-state index in [1.165, 1.54) is 12.7 Å². The fourth-order valence-corrected chi connectivity index (χ4v) is 2.59. The van der Waals surface area contributed by atoms with E-state index >= 15 is 0 Å². The van der Waals surface area contributed by atoms with Gasteiger partial charge in [0.15, 0.2) is 0 Å². The van der Waals surface area contributed by atoms with Crippen LogP contribution in [0, 0.1) is 0 Å². The third kappa shape index (κ3) is 3.54. The lowest BCUT2D eigenvalue weighted by Gasteiger charge is -2.21. The molecular formula is C13H21N3O3. The average molecular weight is 267 g/mol. The summed E-state index contributed by atoms with van der Waals surface area (Å²) in [4.78, 5) is 13.6. The molecule has 106 valence electrons. The number of aliphatic hydroxyl groups is 1. The predicted octanol–water partition coefficient (Wildman–Crippen LogP) is -0.0391. The van der Waals surface area contributed by atoms with Crippen molar-refractivity contribution in [3.8, 4) is 0 Å². The quantitative estimate of drug-likeness (QED) is 0.758. The number of likely N-dealkylation sites (tertiary alicyclic amines) is 1.